The van der Waals surface area contributed by atoms with Crippen molar-refractivity contribution in [3.63, 3.8) is 0 Å². The lowest BCUT2D eigenvalue weighted by Crippen LogP contribution is -2.56. The molecule has 2 atom stereocenters. The van der Waals surface area contributed by atoms with Crippen LogP contribution in [0.4, 0.5) is 0 Å². The van der Waals surface area contributed by atoms with Crippen molar-refractivity contribution >= 4 is 0 Å². The van der Waals surface area contributed by atoms with Gasteiger partial charge in [-0.1, -0.05) is 317 Å². The van der Waals surface area contributed by atoms with Gasteiger partial charge in [0.2, 0.25) is 0 Å². The van der Waals surface area contributed by atoms with Crippen LogP contribution in [0, 0.1) is 14.9 Å². The van der Waals surface area contributed by atoms with Gasteiger partial charge in [0, 0.05) is 16.7 Å². The predicted octanol–water partition coefficient (Wildman–Crippen LogP) is 23.4. The maximum atomic E-state index is 9.67. The molecular weight excluding hydrogens is 1190 g/mol. The van der Waals surface area contributed by atoms with Crippen LogP contribution in [0.25, 0.3) is 0 Å². The number of ether oxygens (including phenoxy) is 2. The van der Waals surface area contributed by atoms with E-state index in [0.717, 1.165) is 81.4 Å². The van der Waals surface area contributed by atoms with Crippen molar-refractivity contribution < 1.29 is 37.6 Å². The number of para-hydroxylation sites is 2. The minimum Gasteiger partial charge on any atom is -0.488 e. The zero-order valence-corrected chi connectivity index (χ0v) is 64.3. The SMILES string of the molecule is C.C.CCCCCCCCCCC(C)[N+](CCO)(CCO)Cc1ccccc1.CCCCCCCCCCCCC(C)[N+](C)(C)Cc1ccccc1.CCCCCCCCCCCC[N+](C)(C)CCOc1ccccc1.C[N+](C)(CCOc1ccccc1)Cc1ccccc1.[CH3-].[CH3-]. The zero-order valence-electron chi connectivity index (χ0n) is 64.3. The van der Waals surface area contributed by atoms with Gasteiger partial charge in [0.25, 0.3) is 0 Å². The van der Waals surface area contributed by atoms with Crippen LogP contribution in [-0.2, 0) is 19.6 Å². The van der Waals surface area contributed by atoms with Gasteiger partial charge in [-0.2, -0.15) is 0 Å². The fourth-order valence-electron chi connectivity index (χ4n) is 12.7. The van der Waals surface area contributed by atoms with Gasteiger partial charge in [0.05, 0.1) is 74.1 Å². The van der Waals surface area contributed by atoms with Gasteiger partial charge < -0.3 is 52.5 Å². The van der Waals surface area contributed by atoms with E-state index in [2.05, 4.69) is 162 Å². The van der Waals surface area contributed by atoms with Crippen LogP contribution in [0.15, 0.2) is 152 Å². The molecule has 0 amide bonds. The van der Waals surface area contributed by atoms with Gasteiger partial charge in [0.15, 0.2) is 0 Å². The number of aliphatic hydroxyl groups is 2. The number of likely N-dealkylation sites (N-methyl/N-ethyl adjacent to an activating group) is 2. The highest BCUT2D eigenvalue weighted by atomic mass is 16.5. The van der Waals surface area contributed by atoms with Crippen LogP contribution >= 0.6 is 0 Å². The van der Waals surface area contributed by atoms with E-state index in [9.17, 15) is 10.2 Å². The highest BCUT2D eigenvalue weighted by molar-refractivity contribution is 5.22. The van der Waals surface area contributed by atoms with E-state index in [4.69, 9.17) is 9.47 Å². The van der Waals surface area contributed by atoms with Crippen molar-refractivity contribution in [2.24, 2.45) is 0 Å². The topological polar surface area (TPSA) is 58.9 Å². The quantitative estimate of drug-likeness (QED) is 0.0231. The third-order valence-electron chi connectivity index (χ3n) is 19.4. The Balaban J connectivity index is -0.00000120. The first-order valence-electron chi connectivity index (χ1n) is 38.1. The van der Waals surface area contributed by atoms with Crippen LogP contribution in [-0.4, -0.2) is 142 Å². The molecule has 0 aliphatic heterocycles. The number of unbranched alkanes of at least 4 members (excludes halogenated alkanes) is 25. The highest BCUT2D eigenvalue weighted by Crippen LogP contribution is 2.25. The molecule has 0 bridgehead atoms. The van der Waals surface area contributed by atoms with E-state index in [1.54, 1.807) is 0 Å². The third-order valence-corrected chi connectivity index (χ3v) is 19.4. The molecule has 0 heterocycles. The summed E-state index contributed by atoms with van der Waals surface area (Å²) in [5.74, 6) is 1.93. The minimum absolute atomic E-state index is 0. The first-order chi connectivity index (χ1) is 45.0. The van der Waals surface area contributed by atoms with E-state index in [-0.39, 0.29) is 42.9 Å². The average molecular weight is 1350 g/mol. The molecule has 2 unspecified atom stereocenters. The Morgan fingerprint density at radius 3 is 0.928 bits per heavy atom. The second-order valence-corrected chi connectivity index (χ2v) is 29.3. The fraction of sp³-hybridized carbons (Fsp3) is 0.640. The van der Waals surface area contributed by atoms with Gasteiger partial charge in [0.1, 0.15) is 70.5 Å². The van der Waals surface area contributed by atoms with Gasteiger partial charge in [-0.05, 0) is 76.6 Å². The maximum absolute atomic E-state index is 9.67. The van der Waals surface area contributed by atoms with E-state index in [0.29, 0.717) is 19.1 Å². The molecule has 0 radical (unpaired) electrons. The number of benzene rings is 5. The summed E-state index contributed by atoms with van der Waals surface area (Å²) in [6.45, 7) is 21.3. The van der Waals surface area contributed by atoms with Gasteiger partial charge in [-0.15, -0.1) is 0 Å². The maximum Gasteiger partial charge on any atom is 0.137 e. The van der Waals surface area contributed by atoms with Crippen LogP contribution < -0.4 is 9.47 Å². The Hall–Kier alpha value is -4.54. The summed E-state index contributed by atoms with van der Waals surface area (Å²) in [5, 5.41) is 19.3. The highest BCUT2D eigenvalue weighted by Gasteiger charge is 2.33. The molecule has 0 saturated carbocycles. The monoisotopic (exact) mass is 1350 g/mol. The second kappa shape index (κ2) is 62.5. The molecule has 8 heteroatoms. The van der Waals surface area contributed by atoms with Crippen LogP contribution in [0.2, 0.25) is 0 Å². The summed E-state index contributed by atoms with van der Waals surface area (Å²) < 4.78 is 15.5. The molecule has 5 aromatic carbocycles. The molecule has 2 N–H and O–H groups in total. The zero-order chi connectivity index (χ0) is 67.8. The van der Waals surface area contributed by atoms with E-state index in [1.807, 2.05) is 66.7 Å². The summed E-state index contributed by atoms with van der Waals surface area (Å²) in [7, 11) is 13.9. The minimum atomic E-state index is 0. The average Bonchev–Trinajstić information content (AvgIpc) is 0.852. The Morgan fingerprint density at radius 1 is 0.309 bits per heavy atom. The predicted molar refractivity (Wildman–Crippen MR) is 430 cm³/mol. The van der Waals surface area contributed by atoms with Gasteiger partial charge in [-0.25, -0.2) is 0 Å². The number of hydrogen-bond acceptors (Lipinski definition) is 4. The second-order valence-electron chi connectivity index (χ2n) is 29.3. The van der Waals surface area contributed by atoms with Gasteiger partial charge >= 0.3 is 0 Å². The third kappa shape index (κ3) is 51.3. The lowest BCUT2D eigenvalue weighted by atomic mass is 10.0. The summed E-state index contributed by atoms with van der Waals surface area (Å²) >= 11 is 0. The van der Waals surface area contributed by atoms with Crippen LogP contribution in [0.3, 0.4) is 0 Å². The van der Waals surface area contributed by atoms with Crippen LogP contribution in [0.5, 0.6) is 11.5 Å². The van der Waals surface area contributed by atoms with Crippen molar-refractivity contribution in [3.8, 4) is 11.5 Å². The lowest BCUT2D eigenvalue weighted by molar-refractivity contribution is -0.962. The molecule has 0 aromatic heterocycles. The summed E-state index contributed by atoms with van der Waals surface area (Å²) in [6, 6.07) is 53.4. The van der Waals surface area contributed by atoms with E-state index < -0.39 is 0 Å². The molecule has 5 aromatic rings. The molecule has 8 nitrogen and oxygen atoms in total. The standard InChI is InChI=1S/C23H42NO2.C23H42N.C22H40NO.C17H22NO.2CH4.2CH3/c1-3-4-5-6-7-8-9-11-14-22(2)24(17-19-25,18-20-26)21-23-15-12-10-13-16-23;1-5-6-7-8-9-10-11-12-13-15-18-22(2)24(3,4)21-23-19-16-14-17-20-23;1-4-5-6-7-8-9-10-11-12-16-19-23(2,3)20-21-24-22-17-14-13-15-18-22;1-18(2,15-16-9-5-3-6-10-16)13-14-19-17-11-7-4-8-12-17;;;;/h10,12-13,15-16,22,25-26H,3-9,11,14,17-21H2,1-2H3;14,16-17,19-20,22H,5-13,15,18,21H2,1-4H3;13-15,17-18H,4-12,16,19-21H2,1-3H3;3-12H,13-15H2,1-2H3;2*1H4;2*1H3/q4*+1;;;2*-1. The number of quaternary nitrogens is 4. The number of aliphatic hydroxyl groups excluding tert-OH is 2. The van der Waals surface area contributed by atoms with E-state index in [1.165, 1.54) is 216 Å². The van der Waals surface area contributed by atoms with Crippen LogP contribution in [0.1, 0.15) is 259 Å². The van der Waals surface area contributed by atoms with Gasteiger partial charge in [-0.3, -0.25) is 0 Å². The summed E-state index contributed by atoms with van der Waals surface area (Å²) in [4.78, 5) is 0. The van der Waals surface area contributed by atoms with Crippen molar-refractivity contribution in [1.82, 2.24) is 0 Å². The Kier molecular flexibility index (Phi) is 62.2. The van der Waals surface area contributed by atoms with Crippen molar-refractivity contribution in [2.45, 2.75) is 274 Å². The molecule has 5 rings (SSSR count). The Bertz CT molecular complexity index is 2360. The summed E-state index contributed by atoms with van der Waals surface area (Å²) in [6.07, 6.45) is 41.6. The van der Waals surface area contributed by atoms with Crippen molar-refractivity contribution in [1.29, 1.82) is 0 Å². The molecule has 0 spiro atoms. The smallest absolute Gasteiger partial charge is 0.137 e. The van der Waals surface area contributed by atoms with E-state index >= 15 is 0 Å². The molecule has 97 heavy (non-hydrogen) atoms. The Morgan fingerprint density at radius 2 is 0.588 bits per heavy atom. The molecule has 0 aliphatic carbocycles. The number of nitrogens with zero attached hydrogens (tertiary/aromatic N) is 4. The summed E-state index contributed by atoms with van der Waals surface area (Å²) in [5.41, 5.74) is 4.11. The molecule has 558 valence electrons. The molecule has 0 saturated heterocycles. The molecular formula is C89H160N4O4+2. The fourth-order valence-corrected chi connectivity index (χ4v) is 12.7. The Labute approximate surface area is 604 Å². The largest absolute Gasteiger partial charge is 0.488 e. The lowest BCUT2D eigenvalue weighted by Gasteiger charge is -2.43. The van der Waals surface area contributed by atoms with Crippen molar-refractivity contribution in [3.05, 3.63) is 183 Å². The first-order valence-corrected chi connectivity index (χ1v) is 38.1. The van der Waals surface area contributed by atoms with Crippen molar-refractivity contribution in [2.75, 3.05) is 101 Å². The molecule has 0 fully saturated rings. The normalized spacial score (nSPS) is 11.8. The molecule has 0 aliphatic rings. The number of rotatable bonds is 51. The number of hydrogen-bond donors (Lipinski definition) is 2. The first kappa shape index (κ1) is 96.6.